The fourth-order valence-corrected chi connectivity index (χ4v) is 28.8. The molecule has 3 heterocycles. The molecular formula is C118H168N8O20Si4. The summed E-state index contributed by atoms with van der Waals surface area (Å²) in [5, 5.41) is 33.9. The number of aliphatic imine (C=N–C) groups is 1. The normalized spacial score (nSPS) is 17.7. The number of benzene rings is 8. The Balaban J connectivity index is 0.000000266. The molecule has 28 nitrogen and oxygen atoms in total. The molecule has 13 rings (SSSR count). The fourth-order valence-electron chi connectivity index (χ4n) is 21.7. The number of carbonyl (C=O) groups excluding carboxylic acids is 2. The number of alkyl carbamates (subject to hydrolysis) is 2. The van der Waals surface area contributed by atoms with Gasteiger partial charge in [0.2, 0.25) is 0 Å². The number of nitrogens with zero attached hydrogens (tertiary/aromatic N) is 5. The molecule has 0 saturated carbocycles. The van der Waals surface area contributed by atoms with Gasteiger partial charge in [-0.3, -0.25) is 20.0 Å². The van der Waals surface area contributed by atoms with Crippen LogP contribution in [0.5, 0.6) is 69.0 Å². The SMILES string of the molecule is [C-]#[N+][C@@H](C(Cc1cc(O)c(OC)c(C)c1OC)N=CC(Cc1cc(O[Si](C)(C)C(C)(C)C)c(OC)c(C)c1OC)NC(=O)OCC1c2ccccc2-c2ccccc21)N1CCO[C@@H](CCO[Si](C)(C(C)C)C(C)C)C1.[C-]#[N+][C@@H](C1Cc2c(OC)c(C)c(OC)c(O)c2C(C(Cc2cc(O[Si](C)(C)C(C)(C)C)c(OC)c(C)c2OC)NC(=O)OCC2c3ccccc3-c3ccccc32)N1)N1CCO[C@@H](CCO[Si](C)(C(C)C)C(C)C)C1. The maximum absolute atomic E-state index is 14.8. The summed E-state index contributed by atoms with van der Waals surface area (Å²) in [6, 6.07) is 34.8. The molecule has 2 fully saturated rings. The van der Waals surface area contributed by atoms with Crippen LogP contribution < -0.4 is 62.7 Å². The van der Waals surface area contributed by atoms with Crippen molar-refractivity contribution < 1.29 is 94.3 Å². The topological polar surface area (TPSA) is 286 Å². The van der Waals surface area contributed by atoms with Gasteiger partial charge in [0.1, 0.15) is 59.8 Å². The van der Waals surface area contributed by atoms with Crippen LogP contribution in [0, 0.1) is 40.8 Å². The van der Waals surface area contributed by atoms with Crippen LogP contribution in [0.3, 0.4) is 0 Å². The van der Waals surface area contributed by atoms with E-state index in [0.717, 1.165) is 72.3 Å². The van der Waals surface area contributed by atoms with Crippen molar-refractivity contribution in [3.05, 3.63) is 210 Å². The molecule has 5 N–H and O–H groups in total. The van der Waals surface area contributed by atoms with Crippen LogP contribution in [0.4, 0.5) is 9.59 Å². The first-order valence-corrected chi connectivity index (χ1v) is 64.0. The maximum atomic E-state index is 14.8. The Morgan fingerprint density at radius 1 is 0.500 bits per heavy atom. The highest BCUT2D eigenvalue weighted by Crippen LogP contribution is 2.55. The molecule has 2 saturated heterocycles. The molecule has 0 radical (unpaired) electrons. The minimum absolute atomic E-state index is 0.0508. The number of ether oxygens (including phenoxy) is 12. The van der Waals surface area contributed by atoms with E-state index in [1.165, 1.54) is 14.2 Å². The zero-order valence-electron chi connectivity index (χ0n) is 95.0. The van der Waals surface area contributed by atoms with Crippen LogP contribution in [0.2, 0.25) is 71.5 Å². The number of fused-ring (bicyclic) bond motifs is 7. The molecular weight excluding hydrogens is 1960 g/mol. The third-order valence-corrected chi connectivity index (χ3v) is 52.7. The highest BCUT2D eigenvalue weighted by atomic mass is 28.4. The van der Waals surface area contributed by atoms with Gasteiger partial charge in [-0.1, -0.05) is 194 Å². The summed E-state index contributed by atoms with van der Waals surface area (Å²) in [6.45, 7) is 74.2. The summed E-state index contributed by atoms with van der Waals surface area (Å²) in [6.07, 6.45) is 1.05. The molecule has 816 valence electrons. The Hall–Kier alpha value is -10.9. The number of morpholine rings is 2. The summed E-state index contributed by atoms with van der Waals surface area (Å²) in [4.78, 5) is 47.5. The monoisotopic (exact) mass is 2130 g/mol. The first-order valence-electron chi connectivity index (χ1n) is 53.1. The molecule has 2 amide bonds. The van der Waals surface area contributed by atoms with Crippen molar-refractivity contribution in [2.75, 3.05) is 123 Å². The van der Waals surface area contributed by atoms with Crippen molar-refractivity contribution >= 4 is 51.7 Å². The smallest absolute Gasteiger partial charge is 0.407 e. The van der Waals surface area contributed by atoms with Gasteiger partial charge in [-0.05, 0) is 181 Å². The lowest BCUT2D eigenvalue weighted by Gasteiger charge is -2.42. The average Bonchev–Trinajstić information content (AvgIpc) is 1.50. The predicted molar refractivity (Wildman–Crippen MR) is 605 cm³/mol. The third-order valence-electron chi connectivity index (χ3n) is 33.2. The number of methoxy groups -OCH3 is 8. The van der Waals surface area contributed by atoms with Gasteiger partial charge in [-0.2, -0.15) is 0 Å². The van der Waals surface area contributed by atoms with Crippen LogP contribution in [0.15, 0.2) is 120 Å². The molecule has 5 unspecified atom stereocenters. The third kappa shape index (κ3) is 25.8. The van der Waals surface area contributed by atoms with Gasteiger partial charge in [0, 0.05) is 127 Å². The summed E-state index contributed by atoms with van der Waals surface area (Å²) in [5.74, 6) is 4.63. The van der Waals surface area contributed by atoms with E-state index in [4.69, 9.17) is 92.7 Å². The standard InChI is InChI=1S/2C59H84N4O10Si2/c1-35(2)75(17,36(3)4)72-28-26-40-33-63(27-29-70-40)57(60-10)48-32-45-50(52(64)56(69-14)38(6)54(45)67-12)51(61-48)47(30-39-31-49(73-74(15,16)59(7,8)9)55(68-13)37(5)53(39)66-11)62-58(65)71-34-46-43-24-20-18-22-41(43)42-23-19-21-25-44(42)46;1-37(2)75(17,38(3)4)72-28-26-44-35-63(27-29-70-44)57(60-10)50(31-42-32-51(64)55(68-13)39(5)53(42)66-11)61-34-43(30-41-33-52(73-74(15,16)59(7,8)9)56(69-14)40(6)54(41)67-12)62-58(65)71-36-49-47-24-20-18-22-45(47)46-23-19-21-25-48(46)49/h18-25,31,35-36,40,46-48,51,57,61,64H,26-30,32-34H2,1-9,11-17H3,(H,62,65);18-25,32-34,37-38,43-44,49-50,57,64H,26-31,35-36H2,1-9,11-17H3,(H,62,65)/t40-,47?,48?,51?,57+;43?,44-,50?,57+/m00/s1. The van der Waals surface area contributed by atoms with Crippen molar-refractivity contribution in [3.8, 4) is 91.2 Å². The fraction of sp³-hybridized carbons (Fsp3) is 0.551. The van der Waals surface area contributed by atoms with E-state index < -0.39 is 88.0 Å². The summed E-state index contributed by atoms with van der Waals surface area (Å²) in [7, 11) is 3.93. The van der Waals surface area contributed by atoms with Crippen molar-refractivity contribution in [2.24, 2.45) is 4.99 Å². The molecule has 2 aliphatic carbocycles. The van der Waals surface area contributed by atoms with E-state index in [1.54, 1.807) is 54.9 Å². The van der Waals surface area contributed by atoms with Crippen LogP contribution in [-0.2, 0) is 53.5 Å². The molecule has 0 aromatic heterocycles. The average molecular weight is 2130 g/mol. The Bertz CT molecular complexity index is 6020. The molecule has 32 heteroatoms. The van der Waals surface area contributed by atoms with Crippen LogP contribution in [0.1, 0.15) is 200 Å². The minimum Gasteiger partial charge on any atom is -0.541 e. The highest BCUT2D eigenvalue weighted by Gasteiger charge is 2.50. The zero-order chi connectivity index (χ0) is 110. The number of phenolic OH excluding ortho intramolecular Hbond substituents is 2. The second kappa shape index (κ2) is 50.4. The zero-order valence-corrected chi connectivity index (χ0v) is 99.0. The number of hydrogen-bond donors (Lipinski definition) is 5. The molecule has 0 spiro atoms. The molecule has 3 aliphatic heterocycles. The van der Waals surface area contributed by atoms with Crippen LogP contribution in [-0.4, -0.2) is 243 Å². The summed E-state index contributed by atoms with van der Waals surface area (Å²) < 4.78 is 101. The van der Waals surface area contributed by atoms with E-state index in [2.05, 4.69) is 220 Å². The van der Waals surface area contributed by atoms with E-state index in [1.807, 2.05) is 88.4 Å². The number of phenols is 2. The number of carbonyl (C=O) groups is 2. The molecule has 5 aliphatic rings. The van der Waals surface area contributed by atoms with E-state index >= 15 is 0 Å². The van der Waals surface area contributed by atoms with Gasteiger partial charge in [-0.25, -0.2) is 32.5 Å². The van der Waals surface area contributed by atoms with Crippen molar-refractivity contribution in [1.29, 1.82) is 0 Å². The van der Waals surface area contributed by atoms with Gasteiger partial charge in [0.25, 0.3) is 22.8 Å². The Labute approximate surface area is 896 Å². The molecule has 9 atom stereocenters. The predicted octanol–water partition coefficient (Wildman–Crippen LogP) is 24.2. The van der Waals surface area contributed by atoms with Crippen molar-refractivity contribution in [1.82, 2.24) is 25.8 Å². The lowest BCUT2D eigenvalue weighted by Crippen LogP contribution is -2.59. The second-order valence-corrected chi connectivity index (χ2v) is 64.6. The van der Waals surface area contributed by atoms with Gasteiger partial charge in [0.05, 0.1) is 100 Å². The second-order valence-electron chi connectivity index (χ2n) is 45.3. The number of rotatable bonds is 43. The maximum Gasteiger partial charge on any atom is 0.407 e. The molecule has 150 heavy (non-hydrogen) atoms. The number of hydrogen-bond acceptors (Lipinski definition) is 24. The van der Waals surface area contributed by atoms with Gasteiger partial charge >= 0.3 is 18.4 Å². The van der Waals surface area contributed by atoms with E-state index in [0.29, 0.717) is 168 Å². The van der Waals surface area contributed by atoms with E-state index in [9.17, 15) is 19.8 Å². The first-order chi connectivity index (χ1) is 71.1. The first kappa shape index (κ1) is 118. The van der Waals surface area contributed by atoms with Gasteiger partial charge < -0.3 is 95.4 Å². The quantitative estimate of drug-likeness (QED) is 0.0135. The van der Waals surface area contributed by atoms with Crippen molar-refractivity contribution in [3.63, 3.8) is 0 Å². The number of amides is 2. The Morgan fingerprint density at radius 3 is 1.28 bits per heavy atom. The Morgan fingerprint density at radius 2 is 0.880 bits per heavy atom. The van der Waals surface area contributed by atoms with Crippen LogP contribution >= 0.6 is 0 Å². The largest absolute Gasteiger partial charge is 0.541 e. The van der Waals surface area contributed by atoms with Gasteiger partial charge in [-0.15, -0.1) is 0 Å². The van der Waals surface area contributed by atoms with Gasteiger partial charge in [0.15, 0.2) is 51.1 Å². The summed E-state index contributed by atoms with van der Waals surface area (Å²) >= 11 is 0. The molecule has 8 aromatic rings. The van der Waals surface area contributed by atoms with Crippen LogP contribution in [0.25, 0.3) is 31.9 Å². The summed E-state index contributed by atoms with van der Waals surface area (Å²) in [5.41, 5.74) is 16.8. The van der Waals surface area contributed by atoms with Crippen molar-refractivity contribution in [2.45, 2.75) is 301 Å². The molecule has 8 aromatic carbocycles. The lowest BCUT2D eigenvalue weighted by atomic mass is 9.81. The van der Waals surface area contributed by atoms with E-state index in [-0.39, 0.29) is 83.8 Å². The lowest BCUT2D eigenvalue weighted by molar-refractivity contribution is -0.0506. The Kier molecular flexibility index (Phi) is 39.5. The number of aromatic hydroxyl groups is 2. The molecule has 0 bridgehead atoms. The highest BCUT2D eigenvalue weighted by molar-refractivity contribution is 6.76. The minimum atomic E-state index is -2.42. The number of nitrogens with one attached hydrogen (secondary N) is 3.